The van der Waals surface area contributed by atoms with Crippen LogP contribution in [0, 0.1) is 0 Å². The van der Waals surface area contributed by atoms with Crippen molar-refractivity contribution in [2.75, 3.05) is 12.3 Å². The molecule has 0 aliphatic rings. The fourth-order valence-corrected chi connectivity index (χ4v) is 0.786. The zero-order valence-electron chi connectivity index (χ0n) is 7.95. The molecule has 2 nitrogen and oxygen atoms in total. The van der Waals surface area contributed by atoms with Gasteiger partial charge in [0.05, 0.1) is 6.10 Å². The number of thiol groups is 1. The lowest BCUT2D eigenvalue weighted by molar-refractivity contribution is 0.230. The lowest BCUT2D eigenvalue weighted by Crippen LogP contribution is -2.09. The monoisotopic (exact) mass is 187 g/mol. The Bertz CT molecular complexity index is 164. The van der Waals surface area contributed by atoms with Crippen LogP contribution in [0.2, 0.25) is 0 Å². The molecule has 70 valence electrons. The van der Waals surface area contributed by atoms with E-state index in [4.69, 9.17) is 4.74 Å². The van der Waals surface area contributed by atoms with Gasteiger partial charge in [0.1, 0.15) is 0 Å². The van der Waals surface area contributed by atoms with Gasteiger partial charge in [0.2, 0.25) is 5.90 Å². The van der Waals surface area contributed by atoms with E-state index < -0.39 is 0 Å². The molecule has 0 unspecified atom stereocenters. The van der Waals surface area contributed by atoms with E-state index in [1.165, 1.54) is 0 Å². The summed E-state index contributed by atoms with van der Waals surface area (Å²) in [5.74, 6) is 1.41. The number of nitrogens with zero attached hydrogens (tertiary/aromatic N) is 1. The van der Waals surface area contributed by atoms with Gasteiger partial charge in [-0.3, -0.25) is 4.99 Å². The highest BCUT2D eigenvalue weighted by Gasteiger charge is 1.96. The SMILES string of the molecule is CC/N=C(\C=C/CS)OC(C)C. The van der Waals surface area contributed by atoms with E-state index in [0.717, 1.165) is 6.54 Å². The van der Waals surface area contributed by atoms with Gasteiger partial charge in [0.15, 0.2) is 0 Å². The molecule has 0 rings (SSSR count). The zero-order chi connectivity index (χ0) is 9.40. The van der Waals surface area contributed by atoms with Crippen LogP contribution in [0.25, 0.3) is 0 Å². The van der Waals surface area contributed by atoms with E-state index in [2.05, 4.69) is 17.6 Å². The van der Waals surface area contributed by atoms with Crippen LogP contribution in [0.15, 0.2) is 17.1 Å². The summed E-state index contributed by atoms with van der Waals surface area (Å²) in [4.78, 5) is 4.18. The summed E-state index contributed by atoms with van der Waals surface area (Å²) in [6.07, 6.45) is 3.95. The normalized spacial score (nSPS) is 12.9. The molecule has 0 atom stereocenters. The summed E-state index contributed by atoms with van der Waals surface area (Å²) in [6.45, 7) is 6.70. The first kappa shape index (κ1) is 11.6. The van der Waals surface area contributed by atoms with Crippen molar-refractivity contribution in [2.45, 2.75) is 26.9 Å². The molecule has 0 aromatic rings. The highest BCUT2D eigenvalue weighted by molar-refractivity contribution is 7.80. The first-order chi connectivity index (χ1) is 5.70. The highest BCUT2D eigenvalue weighted by Crippen LogP contribution is 1.94. The van der Waals surface area contributed by atoms with Crippen molar-refractivity contribution in [3.63, 3.8) is 0 Å². The number of aliphatic imine (C=N–C) groups is 1. The molecule has 0 radical (unpaired) electrons. The summed E-state index contributed by atoms with van der Waals surface area (Å²) in [5.41, 5.74) is 0. The fourth-order valence-electron chi connectivity index (χ4n) is 0.680. The molecular weight excluding hydrogens is 170 g/mol. The van der Waals surface area contributed by atoms with Crippen molar-refractivity contribution in [2.24, 2.45) is 4.99 Å². The van der Waals surface area contributed by atoms with Crippen LogP contribution in [-0.2, 0) is 4.74 Å². The average molecular weight is 187 g/mol. The summed E-state index contributed by atoms with van der Waals surface area (Å²) >= 11 is 4.06. The molecule has 12 heavy (non-hydrogen) atoms. The predicted octanol–water partition coefficient (Wildman–Crippen LogP) is 2.32. The average Bonchev–Trinajstić information content (AvgIpc) is 2.00. The van der Waals surface area contributed by atoms with Crippen molar-refractivity contribution < 1.29 is 4.74 Å². The van der Waals surface area contributed by atoms with Gasteiger partial charge in [-0.15, -0.1) is 0 Å². The van der Waals surface area contributed by atoms with E-state index in [1.54, 1.807) is 0 Å². The second-order valence-electron chi connectivity index (χ2n) is 2.56. The number of hydrogen-bond donors (Lipinski definition) is 1. The Morgan fingerprint density at radius 2 is 2.25 bits per heavy atom. The second-order valence-corrected chi connectivity index (χ2v) is 2.93. The molecule has 3 heteroatoms. The minimum absolute atomic E-state index is 0.180. The molecule has 0 N–H and O–H groups in total. The van der Waals surface area contributed by atoms with Crippen molar-refractivity contribution in [3.8, 4) is 0 Å². The third kappa shape index (κ3) is 6.28. The van der Waals surface area contributed by atoms with Crippen LogP contribution >= 0.6 is 12.6 Å². The largest absolute Gasteiger partial charge is 0.475 e. The maximum Gasteiger partial charge on any atom is 0.208 e. The van der Waals surface area contributed by atoms with Gasteiger partial charge in [-0.25, -0.2) is 0 Å². The smallest absolute Gasteiger partial charge is 0.208 e. The minimum atomic E-state index is 0.180. The quantitative estimate of drug-likeness (QED) is 0.407. The highest BCUT2D eigenvalue weighted by atomic mass is 32.1. The Kier molecular flexibility index (Phi) is 6.96. The number of ether oxygens (including phenoxy) is 1. The van der Waals surface area contributed by atoms with Crippen LogP contribution in [0.5, 0.6) is 0 Å². The molecule has 0 amide bonds. The Morgan fingerprint density at radius 3 is 2.67 bits per heavy atom. The zero-order valence-corrected chi connectivity index (χ0v) is 8.84. The summed E-state index contributed by atoms with van der Waals surface area (Å²) in [7, 11) is 0. The van der Waals surface area contributed by atoms with Crippen LogP contribution in [0.4, 0.5) is 0 Å². The van der Waals surface area contributed by atoms with Crippen LogP contribution in [0.3, 0.4) is 0 Å². The van der Waals surface area contributed by atoms with Crippen molar-refractivity contribution in [3.05, 3.63) is 12.2 Å². The molecular formula is C9H17NOS. The van der Waals surface area contributed by atoms with Crippen molar-refractivity contribution in [1.29, 1.82) is 0 Å². The van der Waals surface area contributed by atoms with Gasteiger partial charge in [-0.1, -0.05) is 6.08 Å². The summed E-state index contributed by atoms with van der Waals surface area (Å²) < 4.78 is 5.42. The first-order valence-electron chi connectivity index (χ1n) is 4.19. The molecule has 0 heterocycles. The Balaban J connectivity index is 4.05. The van der Waals surface area contributed by atoms with E-state index in [0.29, 0.717) is 11.7 Å². The third-order valence-electron chi connectivity index (χ3n) is 1.04. The van der Waals surface area contributed by atoms with Crippen LogP contribution in [0.1, 0.15) is 20.8 Å². The van der Waals surface area contributed by atoms with Crippen LogP contribution in [-0.4, -0.2) is 24.3 Å². The maximum atomic E-state index is 5.42. The molecule has 0 fully saturated rings. The standard InChI is InChI=1S/C9H17NOS/c1-4-10-9(6-5-7-12)11-8(2)3/h5-6,8,12H,4,7H2,1-3H3/b6-5-,10-9+. The Hall–Kier alpha value is -0.440. The molecule has 0 aliphatic carbocycles. The topological polar surface area (TPSA) is 21.6 Å². The van der Waals surface area contributed by atoms with Gasteiger partial charge in [0, 0.05) is 12.3 Å². The van der Waals surface area contributed by atoms with Gasteiger partial charge in [-0.2, -0.15) is 12.6 Å². The maximum absolute atomic E-state index is 5.42. The Labute approximate surface area is 80.1 Å². The van der Waals surface area contributed by atoms with Crippen molar-refractivity contribution >= 4 is 18.5 Å². The van der Waals surface area contributed by atoms with Gasteiger partial charge in [0.25, 0.3) is 0 Å². The number of rotatable bonds is 4. The van der Waals surface area contributed by atoms with Gasteiger partial charge < -0.3 is 4.74 Å². The third-order valence-corrected chi connectivity index (χ3v) is 1.25. The summed E-state index contributed by atoms with van der Waals surface area (Å²) in [6, 6.07) is 0. The minimum Gasteiger partial charge on any atom is -0.475 e. The molecule has 0 bridgehead atoms. The molecule has 0 saturated carbocycles. The van der Waals surface area contributed by atoms with E-state index in [9.17, 15) is 0 Å². The number of hydrogen-bond acceptors (Lipinski definition) is 3. The van der Waals surface area contributed by atoms with Crippen molar-refractivity contribution in [1.82, 2.24) is 0 Å². The van der Waals surface area contributed by atoms with E-state index in [1.807, 2.05) is 32.9 Å². The molecule has 0 spiro atoms. The second kappa shape index (κ2) is 7.22. The lowest BCUT2D eigenvalue weighted by atomic mass is 10.4. The Morgan fingerprint density at radius 1 is 1.58 bits per heavy atom. The fraction of sp³-hybridized carbons (Fsp3) is 0.667. The van der Waals surface area contributed by atoms with E-state index in [-0.39, 0.29) is 6.10 Å². The summed E-state index contributed by atoms with van der Waals surface area (Å²) in [5, 5.41) is 0. The van der Waals surface area contributed by atoms with Crippen LogP contribution < -0.4 is 0 Å². The first-order valence-corrected chi connectivity index (χ1v) is 4.82. The molecule has 0 saturated heterocycles. The molecule has 0 aromatic carbocycles. The predicted molar refractivity (Wildman–Crippen MR) is 57.2 cm³/mol. The van der Waals surface area contributed by atoms with Gasteiger partial charge >= 0.3 is 0 Å². The lowest BCUT2D eigenvalue weighted by Gasteiger charge is -2.08. The van der Waals surface area contributed by atoms with Gasteiger partial charge in [-0.05, 0) is 26.8 Å². The molecule has 0 aliphatic heterocycles. The molecule has 0 aromatic heterocycles. The van der Waals surface area contributed by atoms with E-state index >= 15 is 0 Å².